The van der Waals surface area contributed by atoms with Crippen LogP contribution in [0.25, 0.3) is 0 Å². The third-order valence-electron chi connectivity index (χ3n) is 5.87. The second kappa shape index (κ2) is 11.4. The molecule has 0 amide bonds. The van der Waals surface area contributed by atoms with E-state index in [0.29, 0.717) is 16.9 Å². The van der Waals surface area contributed by atoms with Gasteiger partial charge in [0.2, 0.25) is 0 Å². The fraction of sp³-hybridized carbons (Fsp3) is 0.423. The first-order valence-electron chi connectivity index (χ1n) is 11.6. The molecule has 0 bridgehead atoms. The Balaban J connectivity index is 1.69. The van der Waals surface area contributed by atoms with E-state index in [1.807, 2.05) is 6.92 Å². The Hall–Kier alpha value is -2.92. The van der Waals surface area contributed by atoms with E-state index in [-0.39, 0.29) is 6.61 Å². The molecule has 2 saturated heterocycles. The first-order valence-corrected chi connectivity index (χ1v) is 12.6. The fourth-order valence-electron chi connectivity index (χ4n) is 4.07. The van der Waals surface area contributed by atoms with Crippen molar-refractivity contribution in [3.63, 3.8) is 0 Å². The van der Waals surface area contributed by atoms with Crippen LogP contribution in [0.1, 0.15) is 34.6 Å². The molecule has 2 heterocycles. The summed E-state index contributed by atoms with van der Waals surface area (Å²) in [6, 6.07) is 16.9. The summed E-state index contributed by atoms with van der Waals surface area (Å²) < 4.78 is 34.6. The molecule has 0 spiro atoms. The Morgan fingerprint density at radius 3 is 2.03 bits per heavy atom. The van der Waals surface area contributed by atoms with E-state index in [2.05, 4.69) is 0 Å². The van der Waals surface area contributed by atoms with E-state index in [0.717, 1.165) is 0 Å². The van der Waals surface area contributed by atoms with Gasteiger partial charge < -0.3 is 28.4 Å². The molecule has 36 heavy (non-hydrogen) atoms. The monoisotopic (exact) mass is 516 g/mol. The quantitative estimate of drug-likeness (QED) is 0.402. The number of fused-ring (bicyclic) bond motifs is 1. The smallest absolute Gasteiger partial charge is 0.366 e. The molecule has 4 rings (SSSR count). The number of ether oxygens (including phenoxy) is 6. The van der Waals surface area contributed by atoms with Gasteiger partial charge in [0, 0.05) is 6.92 Å². The lowest BCUT2D eigenvalue weighted by Crippen LogP contribution is -2.67. The van der Waals surface area contributed by atoms with Gasteiger partial charge in [0.05, 0.1) is 24.8 Å². The summed E-state index contributed by atoms with van der Waals surface area (Å²) in [6.07, 6.45) is -3.79. The summed E-state index contributed by atoms with van der Waals surface area (Å²) in [7, 11) is 1.22. The van der Waals surface area contributed by atoms with Crippen molar-refractivity contribution in [2.75, 3.05) is 19.5 Å². The second-order valence-corrected chi connectivity index (χ2v) is 9.68. The number of esters is 3. The third kappa shape index (κ3) is 5.57. The van der Waals surface area contributed by atoms with Crippen molar-refractivity contribution in [1.29, 1.82) is 0 Å². The standard InChI is InChI=1S/C26H28O9S/c1-4-36-24-21(34-23(28)17-13-9-6-10-14-17)20(33-22(27)16-11-7-5-8-12-16)19-18(32-24)15-31-26(2,35-19)25(29)30-3/h5-14,18-21,24H,4,15H2,1-3H3/t18-,19-,20+,21-,24+,26?/m1/s1. The van der Waals surface area contributed by atoms with Crippen LogP contribution in [0.2, 0.25) is 0 Å². The van der Waals surface area contributed by atoms with Gasteiger partial charge in [-0.3, -0.25) is 0 Å². The Labute approximate surface area is 213 Å². The first kappa shape index (κ1) is 26.2. The largest absolute Gasteiger partial charge is 0.465 e. The molecule has 2 aliphatic heterocycles. The van der Waals surface area contributed by atoms with Gasteiger partial charge in [0.1, 0.15) is 17.6 Å². The molecule has 2 aromatic carbocycles. The van der Waals surface area contributed by atoms with Crippen molar-refractivity contribution < 1.29 is 42.8 Å². The molecule has 0 N–H and O–H groups in total. The van der Waals surface area contributed by atoms with Crippen molar-refractivity contribution in [1.82, 2.24) is 0 Å². The molecule has 2 fully saturated rings. The maximum absolute atomic E-state index is 13.1. The fourth-order valence-corrected chi connectivity index (χ4v) is 5.02. The van der Waals surface area contributed by atoms with Crippen molar-refractivity contribution in [2.45, 2.75) is 49.5 Å². The molecule has 0 aliphatic carbocycles. The van der Waals surface area contributed by atoms with Crippen LogP contribution in [-0.4, -0.2) is 73.0 Å². The van der Waals surface area contributed by atoms with E-state index in [1.54, 1.807) is 60.7 Å². The summed E-state index contributed by atoms with van der Waals surface area (Å²) in [5.74, 6) is -3.10. The maximum Gasteiger partial charge on any atom is 0.366 e. The number of rotatable bonds is 7. The van der Waals surface area contributed by atoms with Crippen LogP contribution in [0.4, 0.5) is 0 Å². The van der Waals surface area contributed by atoms with Crippen LogP contribution in [0, 0.1) is 0 Å². The van der Waals surface area contributed by atoms with Gasteiger partial charge >= 0.3 is 17.9 Å². The highest BCUT2D eigenvalue weighted by Crippen LogP contribution is 2.39. The average Bonchev–Trinajstić information content (AvgIpc) is 2.91. The lowest BCUT2D eigenvalue weighted by molar-refractivity contribution is -0.346. The topological polar surface area (TPSA) is 107 Å². The number of hydrogen-bond acceptors (Lipinski definition) is 10. The predicted octanol–water partition coefficient (Wildman–Crippen LogP) is 3.22. The van der Waals surface area contributed by atoms with Crippen molar-refractivity contribution in [2.24, 2.45) is 0 Å². The molecule has 0 saturated carbocycles. The number of methoxy groups -OCH3 is 1. The van der Waals surface area contributed by atoms with E-state index < -0.39 is 53.5 Å². The van der Waals surface area contributed by atoms with E-state index >= 15 is 0 Å². The zero-order valence-corrected chi connectivity index (χ0v) is 21.0. The first-order chi connectivity index (χ1) is 17.4. The Kier molecular flexibility index (Phi) is 8.30. The van der Waals surface area contributed by atoms with Gasteiger partial charge in [-0.2, -0.15) is 0 Å². The van der Waals surface area contributed by atoms with E-state index in [4.69, 9.17) is 28.4 Å². The van der Waals surface area contributed by atoms with Crippen molar-refractivity contribution in [3.05, 3.63) is 71.8 Å². The second-order valence-electron chi connectivity index (χ2n) is 8.30. The Morgan fingerprint density at radius 2 is 1.50 bits per heavy atom. The molecule has 1 unspecified atom stereocenters. The third-order valence-corrected chi connectivity index (χ3v) is 6.91. The average molecular weight is 517 g/mol. The molecule has 192 valence electrons. The van der Waals surface area contributed by atoms with E-state index in [9.17, 15) is 14.4 Å². The minimum atomic E-state index is -1.75. The lowest BCUT2D eigenvalue weighted by Gasteiger charge is -2.49. The Bertz CT molecular complexity index is 1060. The van der Waals surface area contributed by atoms with Gasteiger partial charge in [-0.25, -0.2) is 14.4 Å². The van der Waals surface area contributed by atoms with Crippen LogP contribution in [0.15, 0.2) is 60.7 Å². The molecule has 0 aromatic heterocycles. The van der Waals surface area contributed by atoms with Crippen molar-refractivity contribution in [3.8, 4) is 0 Å². The number of hydrogen-bond donors (Lipinski definition) is 0. The lowest BCUT2D eigenvalue weighted by atomic mass is 9.97. The van der Waals surface area contributed by atoms with Gasteiger partial charge in [-0.05, 0) is 30.0 Å². The van der Waals surface area contributed by atoms with Crippen LogP contribution in [0.3, 0.4) is 0 Å². The molecular weight excluding hydrogens is 488 g/mol. The molecule has 2 aliphatic rings. The normalized spacial score (nSPS) is 29.5. The number of carbonyl (C=O) groups is 3. The number of benzene rings is 2. The molecule has 0 radical (unpaired) electrons. The van der Waals surface area contributed by atoms with E-state index in [1.165, 1.54) is 25.8 Å². The summed E-state index contributed by atoms with van der Waals surface area (Å²) in [6.45, 7) is 3.34. The molecule has 9 nitrogen and oxygen atoms in total. The summed E-state index contributed by atoms with van der Waals surface area (Å²) >= 11 is 1.40. The van der Waals surface area contributed by atoms with Crippen LogP contribution in [0.5, 0.6) is 0 Å². The van der Waals surface area contributed by atoms with Crippen molar-refractivity contribution >= 4 is 29.7 Å². The number of thioether (sulfide) groups is 1. The molecular formula is C26H28O9S. The van der Waals surface area contributed by atoms with Crippen LogP contribution in [-0.2, 0) is 33.2 Å². The summed E-state index contributed by atoms with van der Waals surface area (Å²) in [5.41, 5.74) is -0.0244. The van der Waals surface area contributed by atoms with Gasteiger partial charge in [-0.1, -0.05) is 43.3 Å². The SMILES string of the molecule is CCS[C@@H]1O[C@@H]2COC(C)(C(=O)OC)O[C@H]2[C@H](OC(=O)c2ccccc2)[C@H]1OC(=O)c1ccccc1. The van der Waals surface area contributed by atoms with Gasteiger partial charge in [-0.15, -0.1) is 11.8 Å². The highest BCUT2D eigenvalue weighted by molar-refractivity contribution is 7.99. The van der Waals surface area contributed by atoms with Crippen LogP contribution < -0.4 is 0 Å². The minimum absolute atomic E-state index is 0.0181. The van der Waals surface area contributed by atoms with Gasteiger partial charge in [0.25, 0.3) is 5.79 Å². The highest BCUT2D eigenvalue weighted by Gasteiger charge is 2.57. The molecule has 10 heteroatoms. The minimum Gasteiger partial charge on any atom is -0.465 e. The number of carbonyl (C=O) groups excluding carboxylic acids is 3. The zero-order chi connectivity index (χ0) is 25.7. The van der Waals surface area contributed by atoms with Crippen LogP contribution >= 0.6 is 11.8 Å². The Morgan fingerprint density at radius 1 is 0.944 bits per heavy atom. The predicted molar refractivity (Wildman–Crippen MR) is 129 cm³/mol. The van der Waals surface area contributed by atoms with Gasteiger partial charge in [0.15, 0.2) is 12.2 Å². The zero-order valence-electron chi connectivity index (χ0n) is 20.2. The summed E-state index contributed by atoms with van der Waals surface area (Å²) in [4.78, 5) is 38.6. The maximum atomic E-state index is 13.1. The summed E-state index contributed by atoms with van der Waals surface area (Å²) in [5, 5.41) is 0. The highest BCUT2D eigenvalue weighted by atomic mass is 32.2. The molecule has 2 aromatic rings. The molecule has 6 atom stereocenters.